The van der Waals surface area contributed by atoms with Crippen LogP contribution in [-0.2, 0) is 21.0 Å². The van der Waals surface area contributed by atoms with Gasteiger partial charge in [-0.25, -0.2) is 8.42 Å². The number of benzene rings is 1. The Morgan fingerprint density at radius 1 is 1.09 bits per heavy atom. The third kappa shape index (κ3) is 5.56. The van der Waals surface area contributed by atoms with Crippen LogP contribution < -0.4 is 15.0 Å². The highest BCUT2D eigenvalue weighted by Gasteiger charge is 2.35. The zero-order valence-electron chi connectivity index (χ0n) is 17.8. The second kappa shape index (κ2) is 8.82. The number of piperazine rings is 1. The number of anilines is 2. The van der Waals surface area contributed by atoms with Gasteiger partial charge in [-0.1, -0.05) is 0 Å². The molecular weight excluding hydrogens is 461 g/mol. The molecular formula is C21H23F3N4O4S. The van der Waals surface area contributed by atoms with E-state index in [1.807, 2.05) is 0 Å². The lowest BCUT2D eigenvalue weighted by molar-refractivity contribution is -0.137. The molecule has 0 radical (unpaired) electrons. The van der Waals surface area contributed by atoms with Gasteiger partial charge in [0, 0.05) is 44.9 Å². The van der Waals surface area contributed by atoms with E-state index in [1.165, 1.54) is 35.5 Å². The molecule has 1 aromatic heterocycles. The second-order valence-corrected chi connectivity index (χ2v) is 9.90. The minimum atomic E-state index is -4.55. The molecule has 1 aliphatic carbocycles. The topological polar surface area (TPSA) is 91.8 Å². The summed E-state index contributed by atoms with van der Waals surface area (Å²) in [6.07, 6.45) is -3.08. The molecule has 1 N–H and O–H groups in total. The number of carbonyl (C=O) groups is 1. The van der Waals surface area contributed by atoms with Crippen LogP contribution in [0.1, 0.15) is 25.3 Å². The summed E-state index contributed by atoms with van der Waals surface area (Å²) in [5, 5.41) is 2.57. The van der Waals surface area contributed by atoms with E-state index in [0.717, 1.165) is 25.0 Å². The zero-order chi connectivity index (χ0) is 23.8. The summed E-state index contributed by atoms with van der Waals surface area (Å²) in [4.78, 5) is 17.1. The molecule has 1 aromatic carbocycles. The first kappa shape index (κ1) is 23.3. The maximum atomic E-state index is 13.4. The average Bonchev–Trinajstić information content (AvgIpc) is 3.57. The van der Waals surface area contributed by atoms with Crippen LogP contribution in [0.5, 0.6) is 5.88 Å². The number of halogens is 3. The summed E-state index contributed by atoms with van der Waals surface area (Å²) in [6, 6.07) is 7.67. The van der Waals surface area contributed by atoms with Crippen molar-refractivity contribution in [1.82, 2.24) is 9.29 Å². The van der Waals surface area contributed by atoms with E-state index < -0.39 is 21.8 Å². The van der Waals surface area contributed by atoms with E-state index in [2.05, 4.69) is 10.3 Å². The predicted octanol–water partition coefficient (Wildman–Crippen LogP) is 3.11. The molecule has 178 valence electrons. The van der Waals surface area contributed by atoms with Crippen LogP contribution in [0.25, 0.3) is 0 Å². The Balaban J connectivity index is 1.47. The molecule has 1 saturated heterocycles. The number of aromatic nitrogens is 1. The quantitative estimate of drug-likeness (QED) is 0.678. The summed E-state index contributed by atoms with van der Waals surface area (Å²) in [5.41, 5.74) is -0.372. The lowest BCUT2D eigenvalue weighted by atomic mass is 10.2. The van der Waals surface area contributed by atoms with Gasteiger partial charge in [0.05, 0.1) is 10.5 Å². The number of rotatable bonds is 6. The molecule has 0 bridgehead atoms. The Bertz CT molecular complexity index is 1130. The minimum absolute atomic E-state index is 0.0716. The number of carbonyl (C=O) groups excluding carboxylic acids is 1. The molecule has 0 unspecified atom stereocenters. The number of hydrogen-bond acceptors (Lipinski definition) is 6. The molecule has 1 saturated carbocycles. The number of hydrogen-bond donors (Lipinski definition) is 1. The molecule has 0 atom stereocenters. The number of amides is 1. The van der Waals surface area contributed by atoms with Crippen LogP contribution in [0, 0.1) is 0 Å². The highest BCUT2D eigenvalue weighted by atomic mass is 32.2. The van der Waals surface area contributed by atoms with E-state index in [1.54, 1.807) is 4.90 Å². The van der Waals surface area contributed by atoms with Gasteiger partial charge in [-0.05, 0) is 43.2 Å². The molecule has 1 aliphatic heterocycles. The first-order valence-electron chi connectivity index (χ1n) is 10.4. The smallest absolute Gasteiger partial charge is 0.416 e. The molecule has 1 amide bonds. The second-order valence-electron chi connectivity index (χ2n) is 7.96. The molecule has 8 nitrogen and oxygen atoms in total. The lowest BCUT2D eigenvalue weighted by Gasteiger charge is -2.35. The Morgan fingerprint density at radius 3 is 2.27 bits per heavy atom. The maximum absolute atomic E-state index is 13.4. The Kier molecular flexibility index (Phi) is 6.23. The highest BCUT2D eigenvalue weighted by molar-refractivity contribution is 7.89. The van der Waals surface area contributed by atoms with Crippen molar-refractivity contribution in [2.24, 2.45) is 0 Å². The SMILES string of the molecule is CC(=O)Nc1ccc(S(=O)(=O)N2CCN(c3cc(C(F)(F)F)cc(OC4CC4)n3)CC2)cc1. The van der Waals surface area contributed by atoms with Crippen molar-refractivity contribution in [3.8, 4) is 5.88 Å². The largest absolute Gasteiger partial charge is 0.474 e. The van der Waals surface area contributed by atoms with Gasteiger partial charge in [0.1, 0.15) is 11.9 Å². The van der Waals surface area contributed by atoms with Crippen LogP contribution >= 0.6 is 0 Å². The van der Waals surface area contributed by atoms with Gasteiger partial charge in [-0.15, -0.1) is 0 Å². The van der Waals surface area contributed by atoms with Gasteiger partial charge in [0.15, 0.2) is 0 Å². The fraction of sp³-hybridized carbons (Fsp3) is 0.429. The van der Waals surface area contributed by atoms with Crippen LogP contribution in [0.2, 0.25) is 0 Å². The van der Waals surface area contributed by atoms with Crippen molar-refractivity contribution in [1.29, 1.82) is 0 Å². The number of ether oxygens (including phenoxy) is 1. The van der Waals surface area contributed by atoms with Crippen molar-refractivity contribution in [2.45, 2.75) is 36.9 Å². The number of sulfonamides is 1. The minimum Gasteiger partial charge on any atom is -0.474 e. The Hall–Kier alpha value is -2.86. The molecule has 2 fully saturated rings. The van der Waals surface area contributed by atoms with Crippen LogP contribution in [0.4, 0.5) is 24.7 Å². The van der Waals surface area contributed by atoms with Crippen LogP contribution in [-0.4, -0.2) is 55.9 Å². The molecule has 33 heavy (non-hydrogen) atoms. The van der Waals surface area contributed by atoms with Crippen molar-refractivity contribution >= 4 is 27.4 Å². The van der Waals surface area contributed by atoms with Crippen molar-refractivity contribution < 1.29 is 31.1 Å². The number of nitrogens with zero attached hydrogens (tertiary/aromatic N) is 3. The monoisotopic (exact) mass is 484 g/mol. The Labute approximate surface area is 189 Å². The number of nitrogens with one attached hydrogen (secondary N) is 1. The fourth-order valence-electron chi connectivity index (χ4n) is 3.45. The fourth-order valence-corrected chi connectivity index (χ4v) is 4.88. The molecule has 12 heteroatoms. The molecule has 0 spiro atoms. The molecule has 2 aliphatic rings. The van der Waals surface area contributed by atoms with Crippen LogP contribution in [0.15, 0.2) is 41.3 Å². The summed E-state index contributed by atoms with van der Waals surface area (Å²) in [6.45, 7) is 1.89. The van der Waals surface area contributed by atoms with Gasteiger partial charge in [0.25, 0.3) is 0 Å². The van der Waals surface area contributed by atoms with Crippen molar-refractivity contribution in [3.63, 3.8) is 0 Å². The standard InChI is InChI=1S/C21H23F3N4O4S/c1-14(29)25-16-2-6-18(7-3-16)33(30,31)28-10-8-27(9-11-28)19-12-15(21(22,23)24)13-20(26-19)32-17-4-5-17/h2-3,6-7,12-13,17H,4-5,8-11H2,1H3,(H,25,29). The first-order valence-corrected chi connectivity index (χ1v) is 11.8. The summed E-state index contributed by atoms with van der Waals surface area (Å²) < 4.78 is 72.8. The summed E-state index contributed by atoms with van der Waals surface area (Å²) >= 11 is 0. The van der Waals surface area contributed by atoms with E-state index in [9.17, 15) is 26.4 Å². The molecule has 2 heterocycles. The summed E-state index contributed by atoms with van der Waals surface area (Å²) in [5.74, 6) is -0.232. The third-order valence-electron chi connectivity index (χ3n) is 5.30. The lowest BCUT2D eigenvalue weighted by Crippen LogP contribution is -2.49. The molecule has 4 rings (SSSR count). The van der Waals surface area contributed by atoms with Gasteiger partial charge in [-0.2, -0.15) is 22.5 Å². The molecule has 2 aromatic rings. The van der Waals surface area contributed by atoms with Crippen LogP contribution in [0.3, 0.4) is 0 Å². The van der Waals surface area contributed by atoms with Gasteiger partial charge in [0.2, 0.25) is 21.8 Å². The van der Waals surface area contributed by atoms with Gasteiger partial charge >= 0.3 is 6.18 Å². The number of pyridine rings is 1. The Morgan fingerprint density at radius 2 is 1.73 bits per heavy atom. The highest BCUT2D eigenvalue weighted by Crippen LogP contribution is 2.35. The van der Waals surface area contributed by atoms with E-state index in [4.69, 9.17) is 4.74 Å². The predicted molar refractivity (Wildman–Crippen MR) is 115 cm³/mol. The van der Waals surface area contributed by atoms with Crippen molar-refractivity contribution in [3.05, 3.63) is 42.0 Å². The zero-order valence-corrected chi connectivity index (χ0v) is 18.6. The first-order chi connectivity index (χ1) is 15.5. The number of alkyl halides is 3. The summed E-state index contributed by atoms with van der Waals surface area (Å²) in [7, 11) is -3.79. The van der Waals surface area contributed by atoms with Gasteiger partial charge < -0.3 is 15.0 Å². The maximum Gasteiger partial charge on any atom is 0.416 e. The van der Waals surface area contributed by atoms with E-state index >= 15 is 0 Å². The van der Waals surface area contributed by atoms with Gasteiger partial charge in [-0.3, -0.25) is 4.79 Å². The third-order valence-corrected chi connectivity index (χ3v) is 7.22. The van der Waals surface area contributed by atoms with E-state index in [0.29, 0.717) is 5.69 Å². The normalized spacial score (nSPS) is 17.6. The average molecular weight is 485 g/mol. The van der Waals surface area contributed by atoms with E-state index in [-0.39, 0.29) is 54.8 Å². The van der Waals surface area contributed by atoms with Crippen molar-refractivity contribution in [2.75, 3.05) is 36.4 Å².